The predicted molar refractivity (Wildman–Crippen MR) is 71.8 cm³/mol. The Bertz CT molecular complexity index is 431. The third kappa shape index (κ3) is 3.46. The van der Waals surface area contributed by atoms with Crippen LogP contribution < -0.4 is 4.74 Å². The van der Waals surface area contributed by atoms with Crippen LogP contribution in [0.4, 0.5) is 0 Å². The Morgan fingerprint density at radius 2 is 1.89 bits per heavy atom. The van der Waals surface area contributed by atoms with Crippen molar-refractivity contribution in [3.05, 3.63) is 27.7 Å². The van der Waals surface area contributed by atoms with Crippen LogP contribution >= 0.6 is 15.9 Å². The number of rotatable bonds is 4. The minimum atomic E-state index is -1.65. The van der Waals surface area contributed by atoms with E-state index in [1.807, 2.05) is 26.0 Å². The Morgan fingerprint density at radius 1 is 1.39 bits per heavy atom. The minimum absolute atomic E-state index is 0.153. The molecule has 0 bridgehead atoms. The van der Waals surface area contributed by atoms with Gasteiger partial charge in [0.05, 0.1) is 7.11 Å². The summed E-state index contributed by atoms with van der Waals surface area (Å²) in [5.41, 5.74) is 0.411. The van der Waals surface area contributed by atoms with Gasteiger partial charge in [0.1, 0.15) is 12.4 Å². The number of ether oxygens (including phenoxy) is 2. The summed E-state index contributed by atoms with van der Waals surface area (Å²) in [5.74, 6) is -0.106. The summed E-state index contributed by atoms with van der Waals surface area (Å²) < 4.78 is 11.0. The van der Waals surface area contributed by atoms with E-state index in [0.717, 1.165) is 15.6 Å². The van der Waals surface area contributed by atoms with Crippen LogP contribution in [0.15, 0.2) is 16.6 Å². The molecule has 1 aromatic rings. The quantitative estimate of drug-likeness (QED) is 0.866. The number of carbonyl (C=O) groups excluding carboxylic acids is 1. The van der Waals surface area contributed by atoms with E-state index in [9.17, 15) is 9.90 Å². The smallest absolute Gasteiger partial charge is 0.341 e. The fraction of sp³-hybridized carbons (Fsp3) is 0.462. The third-order valence-corrected chi connectivity index (χ3v) is 3.81. The van der Waals surface area contributed by atoms with Gasteiger partial charge < -0.3 is 14.6 Å². The SMILES string of the molecule is COC(=O)C(C)(O)COc1cc(C)c(Br)c(C)c1. The Morgan fingerprint density at radius 3 is 2.33 bits per heavy atom. The van der Waals surface area contributed by atoms with Crippen LogP contribution in [0.1, 0.15) is 18.1 Å². The second kappa shape index (κ2) is 5.71. The van der Waals surface area contributed by atoms with Gasteiger partial charge in [0.15, 0.2) is 5.60 Å². The van der Waals surface area contributed by atoms with Gasteiger partial charge in [-0.2, -0.15) is 0 Å². The van der Waals surface area contributed by atoms with Crippen LogP contribution in [0.5, 0.6) is 5.75 Å². The second-order valence-corrected chi connectivity index (χ2v) is 5.22. The zero-order valence-corrected chi connectivity index (χ0v) is 12.5. The summed E-state index contributed by atoms with van der Waals surface area (Å²) in [6.45, 7) is 5.10. The van der Waals surface area contributed by atoms with Crippen molar-refractivity contribution in [1.82, 2.24) is 0 Å². The van der Waals surface area contributed by atoms with Crippen LogP contribution in [0, 0.1) is 13.8 Å². The zero-order valence-electron chi connectivity index (χ0n) is 10.9. The fourth-order valence-electron chi connectivity index (χ4n) is 1.49. The number of esters is 1. The Balaban J connectivity index is 2.78. The molecule has 0 heterocycles. The maximum Gasteiger partial charge on any atom is 0.341 e. The maximum atomic E-state index is 11.3. The number of hydrogen-bond acceptors (Lipinski definition) is 4. The second-order valence-electron chi connectivity index (χ2n) is 4.43. The summed E-state index contributed by atoms with van der Waals surface area (Å²) in [6.07, 6.45) is 0. The lowest BCUT2D eigenvalue weighted by Crippen LogP contribution is -2.42. The Hall–Kier alpha value is -1.07. The van der Waals surface area contributed by atoms with Crippen molar-refractivity contribution in [3.8, 4) is 5.75 Å². The van der Waals surface area contributed by atoms with Gasteiger partial charge in [-0.15, -0.1) is 0 Å². The number of carbonyl (C=O) groups is 1. The van der Waals surface area contributed by atoms with Crippen LogP contribution in [0.2, 0.25) is 0 Å². The molecule has 0 spiro atoms. The molecule has 0 radical (unpaired) electrons. The van der Waals surface area contributed by atoms with E-state index in [1.165, 1.54) is 14.0 Å². The molecule has 1 unspecified atom stereocenters. The predicted octanol–water partition coefficient (Wildman–Crippen LogP) is 2.37. The number of aliphatic hydroxyl groups is 1. The van der Waals surface area contributed by atoms with Gasteiger partial charge in [0.2, 0.25) is 0 Å². The average Bonchev–Trinajstić information content (AvgIpc) is 2.32. The highest BCUT2D eigenvalue weighted by Crippen LogP contribution is 2.26. The van der Waals surface area contributed by atoms with Crippen molar-refractivity contribution in [2.75, 3.05) is 13.7 Å². The fourth-order valence-corrected chi connectivity index (χ4v) is 1.72. The van der Waals surface area contributed by atoms with Crippen molar-refractivity contribution in [1.29, 1.82) is 0 Å². The molecule has 1 aromatic carbocycles. The van der Waals surface area contributed by atoms with Crippen molar-refractivity contribution in [2.24, 2.45) is 0 Å². The Kier molecular flexibility index (Phi) is 4.76. The summed E-state index contributed by atoms with van der Waals surface area (Å²) in [4.78, 5) is 11.3. The van der Waals surface area contributed by atoms with Gasteiger partial charge in [-0.25, -0.2) is 4.79 Å². The molecular weight excluding hydrogens is 300 g/mol. The highest BCUT2D eigenvalue weighted by atomic mass is 79.9. The molecule has 1 N–H and O–H groups in total. The van der Waals surface area contributed by atoms with Crippen molar-refractivity contribution >= 4 is 21.9 Å². The molecular formula is C13H17BrO4. The number of halogens is 1. The first-order valence-electron chi connectivity index (χ1n) is 5.48. The van der Waals surface area contributed by atoms with Crippen LogP contribution in [-0.4, -0.2) is 30.4 Å². The molecule has 1 rings (SSSR count). The molecule has 0 aromatic heterocycles. The number of benzene rings is 1. The Labute approximate surface area is 115 Å². The van der Waals surface area contributed by atoms with E-state index in [0.29, 0.717) is 5.75 Å². The summed E-state index contributed by atoms with van der Waals surface area (Å²) in [5, 5.41) is 9.83. The van der Waals surface area contributed by atoms with Crippen LogP contribution in [-0.2, 0) is 9.53 Å². The highest BCUT2D eigenvalue weighted by Gasteiger charge is 2.32. The van der Waals surface area contributed by atoms with Gasteiger partial charge >= 0.3 is 5.97 Å². The van der Waals surface area contributed by atoms with Gasteiger partial charge in [0, 0.05) is 4.47 Å². The van der Waals surface area contributed by atoms with Gasteiger partial charge in [0.25, 0.3) is 0 Å². The van der Waals surface area contributed by atoms with Gasteiger partial charge in [-0.3, -0.25) is 0 Å². The van der Waals surface area contributed by atoms with Crippen molar-refractivity contribution in [3.63, 3.8) is 0 Å². The summed E-state index contributed by atoms with van der Waals surface area (Å²) in [7, 11) is 1.23. The average molecular weight is 317 g/mol. The molecule has 0 saturated heterocycles. The summed E-state index contributed by atoms with van der Waals surface area (Å²) >= 11 is 3.46. The maximum absolute atomic E-state index is 11.3. The van der Waals surface area contributed by atoms with E-state index in [2.05, 4.69) is 20.7 Å². The normalized spacial score (nSPS) is 13.9. The monoisotopic (exact) mass is 316 g/mol. The molecule has 1 atom stereocenters. The van der Waals surface area contributed by atoms with E-state index in [-0.39, 0.29) is 6.61 Å². The van der Waals surface area contributed by atoms with E-state index in [1.54, 1.807) is 0 Å². The highest BCUT2D eigenvalue weighted by molar-refractivity contribution is 9.10. The molecule has 100 valence electrons. The lowest BCUT2D eigenvalue weighted by atomic mass is 10.1. The molecule has 0 aliphatic carbocycles. The molecule has 4 nitrogen and oxygen atoms in total. The largest absolute Gasteiger partial charge is 0.490 e. The molecule has 0 fully saturated rings. The van der Waals surface area contributed by atoms with Crippen LogP contribution in [0.25, 0.3) is 0 Å². The number of aryl methyl sites for hydroxylation is 2. The van der Waals surface area contributed by atoms with E-state index >= 15 is 0 Å². The number of methoxy groups -OCH3 is 1. The van der Waals surface area contributed by atoms with E-state index in [4.69, 9.17) is 4.74 Å². The topological polar surface area (TPSA) is 55.8 Å². The first-order valence-corrected chi connectivity index (χ1v) is 6.27. The third-order valence-electron chi connectivity index (χ3n) is 2.55. The molecule has 5 heteroatoms. The van der Waals surface area contributed by atoms with Crippen LogP contribution in [0.3, 0.4) is 0 Å². The van der Waals surface area contributed by atoms with Gasteiger partial charge in [-0.1, -0.05) is 15.9 Å². The molecule has 18 heavy (non-hydrogen) atoms. The minimum Gasteiger partial charge on any atom is -0.490 e. The standard InChI is InChI=1S/C13H17BrO4/c1-8-5-10(6-9(2)11(8)14)18-7-13(3,16)12(15)17-4/h5-6,16H,7H2,1-4H3. The van der Waals surface area contributed by atoms with Crippen molar-refractivity contribution < 1.29 is 19.4 Å². The molecule has 0 saturated carbocycles. The zero-order chi connectivity index (χ0) is 13.9. The summed E-state index contributed by atoms with van der Waals surface area (Å²) in [6, 6.07) is 3.68. The molecule has 0 aliphatic rings. The van der Waals surface area contributed by atoms with E-state index < -0.39 is 11.6 Å². The van der Waals surface area contributed by atoms with Crippen molar-refractivity contribution in [2.45, 2.75) is 26.4 Å². The molecule has 0 aliphatic heterocycles. The lowest BCUT2D eigenvalue weighted by molar-refractivity contribution is -0.163. The first-order chi connectivity index (χ1) is 8.27. The first kappa shape index (κ1) is 15.0. The number of hydrogen-bond donors (Lipinski definition) is 1. The van der Waals surface area contributed by atoms with Gasteiger partial charge in [-0.05, 0) is 44.0 Å². The molecule has 0 amide bonds. The lowest BCUT2D eigenvalue weighted by Gasteiger charge is -2.21.